The minimum absolute atomic E-state index is 0.0850. The number of imide groups is 1. The van der Waals surface area contributed by atoms with Gasteiger partial charge in [-0.15, -0.1) is 0 Å². The van der Waals surface area contributed by atoms with Crippen LogP contribution in [-0.4, -0.2) is 32.7 Å². The van der Waals surface area contributed by atoms with Gasteiger partial charge in [-0.25, -0.2) is 9.69 Å². The van der Waals surface area contributed by atoms with E-state index < -0.39 is 44.6 Å². The molecule has 0 aromatic heterocycles. The number of nitro groups is 2. The highest BCUT2D eigenvalue weighted by Crippen LogP contribution is 2.28. The molecule has 0 aliphatic carbocycles. The van der Waals surface area contributed by atoms with Crippen molar-refractivity contribution >= 4 is 34.8 Å². The second-order valence-corrected chi connectivity index (χ2v) is 6.84. The first kappa shape index (κ1) is 22.7. The van der Waals surface area contributed by atoms with Crippen molar-refractivity contribution in [2.24, 2.45) is 0 Å². The Morgan fingerprint density at radius 2 is 1.30 bits per heavy atom. The molecule has 33 heavy (non-hydrogen) atoms. The molecule has 0 bridgehead atoms. The molecule has 0 atom stereocenters. The minimum Gasteiger partial charge on any atom is -0.478 e. The number of hydrogen-bond acceptors (Lipinski definition) is 7. The number of aryl methyl sites for hydroxylation is 1. The number of aromatic carboxylic acids is 1. The molecule has 0 spiro atoms. The predicted molar refractivity (Wildman–Crippen MR) is 115 cm³/mol. The third-order valence-corrected chi connectivity index (χ3v) is 4.72. The van der Waals surface area contributed by atoms with Gasteiger partial charge >= 0.3 is 5.97 Å². The lowest BCUT2D eigenvalue weighted by molar-refractivity contribution is -0.394. The van der Waals surface area contributed by atoms with Gasteiger partial charge in [-0.3, -0.25) is 29.8 Å². The SMILES string of the molecule is Cc1ccccc1N(C(=O)c1cc([N+](=O)[O-])cc([N+](=O)[O-])c1)C(=O)c1ccccc1C(=O)O. The lowest BCUT2D eigenvalue weighted by Gasteiger charge is -2.23. The molecule has 11 heteroatoms. The highest BCUT2D eigenvalue weighted by molar-refractivity contribution is 6.27. The van der Waals surface area contributed by atoms with Crippen molar-refractivity contribution in [2.45, 2.75) is 6.92 Å². The van der Waals surface area contributed by atoms with E-state index in [0.717, 1.165) is 12.1 Å². The molecule has 11 nitrogen and oxygen atoms in total. The van der Waals surface area contributed by atoms with Gasteiger partial charge in [0.15, 0.2) is 0 Å². The van der Waals surface area contributed by atoms with E-state index in [2.05, 4.69) is 0 Å². The van der Waals surface area contributed by atoms with E-state index in [1.54, 1.807) is 19.1 Å². The summed E-state index contributed by atoms with van der Waals surface area (Å²) in [7, 11) is 0. The summed E-state index contributed by atoms with van der Waals surface area (Å²) in [4.78, 5) is 59.9. The van der Waals surface area contributed by atoms with E-state index >= 15 is 0 Å². The molecule has 0 aliphatic heterocycles. The monoisotopic (exact) mass is 449 g/mol. The number of rotatable bonds is 6. The summed E-state index contributed by atoms with van der Waals surface area (Å²) in [6, 6.07) is 13.8. The van der Waals surface area contributed by atoms with Crippen molar-refractivity contribution in [1.29, 1.82) is 0 Å². The fraction of sp³-hybridized carbons (Fsp3) is 0.0455. The molecule has 166 valence electrons. The van der Waals surface area contributed by atoms with Gasteiger partial charge in [-0.1, -0.05) is 30.3 Å². The molecule has 0 aliphatic rings. The highest BCUT2D eigenvalue weighted by Gasteiger charge is 2.31. The van der Waals surface area contributed by atoms with E-state index in [4.69, 9.17) is 0 Å². The van der Waals surface area contributed by atoms with E-state index in [9.17, 15) is 39.7 Å². The van der Waals surface area contributed by atoms with Crippen LogP contribution in [-0.2, 0) is 0 Å². The van der Waals surface area contributed by atoms with Crippen molar-refractivity contribution in [2.75, 3.05) is 4.90 Å². The number of carbonyl (C=O) groups excluding carboxylic acids is 2. The largest absolute Gasteiger partial charge is 0.478 e. The Labute approximate surface area is 185 Å². The van der Waals surface area contributed by atoms with Gasteiger partial charge in [0.1, 0.15) is 0 Å². The van der Waals surface area contributed by atoms with Crippen LogP contribution in [0.25, 0.3) is 0 Å². The molecule has 3 rings (SSSR count). The fourth-order valence-corrected chi connectivity index (χ4v) is 3.16. The second kappa shape index (κ2) is 9.06. The van der Waals surface area contributed by atoms with Crippen LogP contribution < -0.4 is 4.90 Å². The number of nitrogens with zero attached hydrogens (tertiary/aromatic N) is 3. The van der Waals surface area contributed by atoms with Crippen LogP contribution in [0, 0.1) is 27.2 Å². The Balaban J connectivity index is 2.24. The van der Waals surface area contributed by atoms with Crippen LogP contribution in [0.15, 0.2) is 66.7 Å². The lowest BCUT2D eigenvalue weighted by atomic mass is 10.0. The van der Waals surface area contributed by atoms with Gasteiger partial charge in [0, 0.05) is 12.1 Å². The van der Waals surface area contributed by atoms with Gasteiger partial charge in [0.25, 0.3) is 23.2 Å². The van der Waals surface area contributed by atoms with Crippen LogP contribution in [0.3, 0.4) is 0 Å². The lowest BCUT2D eigenvalue weighted by Crippen LogP contribution is -2.38. The number of hydrogen-bond donors (Lipinski definition) is 1. The van der Waals surface area contributed by atoms with Gasteiger partial charge in [-0.05, 0) is 30.7 Å². The van der Waals surface area contributed by atoms with Crippen LogP contribution in [0.5, 0.6) is 0 Å². The Kier molecular flexibility index (Phi) is 6.24. The van der Waals surface area contributed by atoms with Gasteiger partial charge in [0.2, 0.25) is 0 Å². The highest BCUT2D eigenvalue weighted by atomic mass is 16.6. The zero-order chi connectivity index (χ0) is 24.3. The van der Waals surface area contributed by atoms with Crippen molar-refractivity contribution in [1.82, 2.24) is 0 Å². The Bertz CT molecular complexity index is 1290. The number of anilines is 1. The van der Waals surface area contributed by atoms with Crippen LogP contribution in [0.1, 0.15) is 36.6 Å². The number of carboxylic acids is 1. The number of carboxylic acid groups (broad SMARTS) is 1. The van der Waals surface area contributed by atoms with Crippen molar-refractivity contribution in [3.05, 3.63) is 109 Å². The topological polar surface area (TPSA) is 161 Å². The van der Waals surface area contributed by atoms with E-state index in [1.165, 1.54) is 36.4 Å². The molecule has 1 N–H and O–H groups in total. The maximum absolute atomic E-state index is 13.5. The maximum atomic E-state index is 13.5. The summed E-state index contributed by atoms with van der Waals surface area (Å²) in [6.45, 7) is 1.60. The van der Waals surface area contributed by atoms with Crippen molar-refractivity contribution < 1.29 is 29.3 Å². The van der Waals surface area contributed by atoms with Gasteiger partial charge in [-0.2, -0.15) is 0 Å². The zero-order valence-electron chi connectivity index (χ0n) is 17.0. The Hall–Kier alpha value is -4.93. The number of non-ortho nitro benzene ring substituents is 2. The molecule has 3 aromatic carbocycles. The van der Waals surface area contributed by atoms with Gasteiger partial charge in [0.05, 0.1) is 38.3 Å². The number of benzene rings is 3. The van der Waals surface area contributed by atoms with E-state index in [0.29, 0.717) is 16.5 Å². The molecule has 0 unspecified atom stereocenters. The predicted octanol–water partition coefficient (Wildman–Crippen LogP) is 4.00. The molecule has 3 aromatic rings. The minimum atomic E-state index is -1.40. The molecule has 0 heterocycles. The van der Waals surface area contributed by atoms with Crippen LogP contribution in [0.4, 0.5) is 17.1 Å². The molecule has 0 radical (unpaired) electrons. The first-order valence-electron chi connectivity index (χ1n) is 9.32. The van der Waals surface area contributed by atoms with Crippen molar-refractivity contribution in [3.63, 3.8) is 0 Å². The van der Waals surface area contributed by atoms with Crippen LogP contribution >= 0.6 is 0 Å². The van der Waals surface area contributed by atoms with Gasteiger partial charge < -0.3 is 5.11 Å². The van der Waals surface area contributed by atoms with E-state index in [-0.39, 0.29) is 16.8 Å². The first-order valence-corrected chi connectivity index (χ1v) is 9.32. The molecule has 0 fully saturated rings. The molecular formula is C22H15N3O8. The normalized spacial score (nSPS) is 10.3. The number of amides is 2. The Morgan fingerprint density at radius 1 is 0.788 bits per heavy atom. The second-order valence-electron chi connectivity index (χ2n) is 6.84. The standard InChI is InChI=1S/C22H15N3O8/c1-13-6-2-5-9-19(13)23(21(27)17-7-3-4-8-18(17)22(28)29)20(26)14-10-15(24(30)31)12-16(11-14)25(32)33/h2-12H,1H3,(H,28,29). The summed E-state index contributed by atoms with van der Waals surface area (Å²) in [5.74, 6) is -3.51. The first-order chi connectivity index (χ1) is 15.6. The average Bonchev–Trinajstić information content (AvgIpc) is 2.79. The van der Waals surface area contributed by atoms with Crippen molar-refractivity contribution in [3.8, 4) is 0 Å². The number of nitro benzene ring substituents is 2. The summed E-state index contributed by atoms with van der Waals surface area (Å²) < 4.78 is 0. The molecular weight excluding hydrogens is 434 g/mol. The fourth-order valence-electron chi connectivity index (χ4n) is 3.16. The zero-order valence-corrected chi connectivity index (χ0v) is 17.0. The molecule has 0 saturated carbocycles. The average molecular weight is 449 g/mol. The van der Waals surface area contributed by atoms with E-state index in [1.807, 2.05) is 0 Å². The third kappa shape index (κ3) is 4.56. The summed E-state index contributed by atoms with van der Waals surface area (Å²) in [5.41, 5.74) is -2.03. The molecule has 0 saturated heterocycles. The summed E-state index contributed by atoms with van der Waals surface area (Å²) in [5, 5.41) is 32.0. The maximum Gasteiger partial charge on any atom is 0.336 e. The Morgan fingerprint density at radius 3 is 1.82 bits per heavy atom. The number of para-hydroxylation sites is 1. The summed E-state index contributed by atoms with van der Waals surface area (Å²) >= 11 is 0. The molecule has 2 amide bonds. The van der Waals surface area contributed by atoms with Crippen LogP contribution in [0.2, 0.25) is 0 Å². The summed E-state index contributed by atoms with van der Waals surface area (Å²) in [6.07, 6.45) is 0. The third-order valence-electron chi connectivity index (χ3n) is 4.72. The smallest absolute Gasteiger partial charge is 0.336 e. The quantitative estimate of drug-likeness (QED) is 0.335. The number of carbonyl (C=O) groups is 3.